The van der Waals surface area contributed by atoms with Crippen molar-refractivity contribution in [2.24, 2.45) is 0 Å². The van der Waals surface area contributed by atoms with Gasteiger partial charge in [0.1, 0.15) is 5.65 Å². The SMILES string of the molecule is CC1(C)c2cc(-c3nc(-c4ccccc4)nc(-c4ccccc4)n3)ccc2-c2ccc(-c3ccc(-c4cn5ccccc5n4)c4ccccc34)cc21. The summed E-state index contributed by atoms with van der Waals surface area (Å²) in [6, 6.07) is 53.2. The molecule has 0 saturated carbocycles. The van der Waals surface area contributed by atoms with Gasteiger partial charge in [-0.2, -0.15) is 0 Å². The summed E-state index contributed by atoms with van der Waals surface area (Å²) in [6.45, 7) is 4.65. The maximum atomic E-state index is 5.02. The van der Waals surface area contributed by atoms with Crippen LogP contribution in [0.3, 0.4) is 0 Å². The average Bonchev–Trinajstić information content (AvgIpc) is 3.73. The zero-order chi connectivity index (χ0) is 34.8. The van der Waals surface area contributed by atoms with E-state index in [9.17, 15) is 0 Å². The molecule has 3 heterocycles. The molecule has 1 aliphatic rings. The normalized spacial score (nSPS) is 13.0. The summed E-state index contributed by atoms with van der Waals surface area (Å²) in [5.74, 6) is 1.99. The van der Waals surface area contributed by atoms with E-state index in [4.69, 9.17) is 19.9 Å². The van der Waals surface area contributed by atoms with Gasteiger partial charge in [-0.15, -0.1) is 0 Å². The first-order valence-corrected chi connectivity index (χ1v) is 17.6. The lowest BCUT2D eigenvalue weighted by molar-refractivity contribution is 0.661. The first-order valence-electron chi connectivity index (χ1n) is 17.6. The molecule has 0 N–H and O–H groups in total. The highest BCUT2D eigenvalue weighted by molar-refractivity contribution is 6.05. The van der Waals surface area contributed by atoms with E-state index in [-0.39, 0.29) is 5.41 Å². The third-order valence-electron chi connectivity index (χ3n) is 10.5. The monoisotopic (exact) mass is 667 g/mol. The summed E-state index contributed by atoms with van der Waals surface area (Å²) >= 11 is 0. The minimum absolute atomic E-state index is 0.236. The van der Waals surface area contributed by atoms with Crippen molar-refractivity contribution in [1.29, 1.82) is 0 Å². The van der Waals surface area contributed by atoms with Gasteiger partial charge in [0.2, 0.25) is 0 Å². The van der Waals surface area contributed by atoms with Crippen molar-refractivity contribution in [3.8, 4) is 67.7 Å². The van der Waals surface area contributed by atoms with E-state index in [1.807, 2.05) is 85.1 Å². The standard InChI is InChI=1S/C47H33N5/c1-47(2)40-27-32(34-24-25-39(36-18-10-9-17-35(34)36)42-29-52-26-12-11-19-43(52)48-42)20-22-37(40)38-23-21-33(28-41(38)47)46-50-44(30-13-5-3-6-14-30)49-45(51-46)31-15-7-4-8-16-31/h3-29H,1-2H3. The van der Waals surface area contributed by atoms with Crippen LogP contribution in [0.5, 0.6) is 0 Å². The smallest absolute Gasteiger partial charge is 0.164 e. The van der Waals surface area contributed by atoms with Crippen molar-refractivity contribution in [3.63, 3.8) is 0 Å². The van der Waals surface area contributed by atoms with Crippen molar-refractivity contribution in [2.75, 3.05) is 0 Å². The molecule has 0 aliphatic heterocycles. The molecule has 10 rings (SSSR count). The predicted octanol–water partition coefficient (Wildman–Crippen LogP) is 11.3. The second-order valence-corrected chi connectivity index (χ2v) is 14.0. The molecule has 0 unspecified atom stereocenters. The highest BCUT2D eigenvalue weighted by Crippen LogP contribution is 2.51. The molecule has 0 radical (unpaired) electrons. The lowest BCUT2D eigenvalue weighted by Gasteiger charge is -2.23. The maximum Gasteiger partial charge on any atom is 0.164 e. The second kappa shape index (κ2) is 11.7. The van der Waals surface area contributed by atoms with Crippen LogP contribution in [0.1, 0.15) is 25.0 Å². The van der Waals surface area contributed by atoms with Gasteiger partial charge in [0.05, 0.1) is 5.69 Å². The third-order valence-corrected chi connectivity index (χ3v) is 10.5. The van der Waals surface area contributed by atoms with Gasteiger partial charge >= 0.3 is 0 Å². The number of pyridine rings is 1. The van der Waals surface area contributed by atoms with Crippen LogP contribution < -0.4 is 0 Å². The largest absolute Gasteiger partial charge is 0.306 e. The van der Waals surface area contributed by atoms with Gasteiger partial charge in [-0.05, 0) is 68.4 Å². The topological polar surface area (TPSA) is 56.0 Å². The minimum atomic E-state index is -0.236. The first-order chi connectivity index (χ1) is 25.5. The van der Waals surface area contributed by atoms with Crippen LogP contribution in [0.15, 0.2) is 164 Å². The van der Waals surface area contributed by atoms with Gasteiger partial charge in [-0.25, -0.2) is 19.9 Å². The third kappa shape index (κ3) is 4.85. The summed E-state index contributed by atoms with van der Waals surface area (Å²) in [6.07, 6.45) is 4.16. The number of benzene rings is 6. The Kier molecular flexibility index (Phi) is 6.77. The van der Waals surface area contributed by atoms with Gasteiger partial charge in [-0.1, -0.05) is 141 Å². The molecular formula is C47H33N5. The Morgan fingerprint density at radius 3 is 1.56 bits per heavy atom. The number of nitrogens with zero attached hydrogens (tertiary/aromatic N) is 5. The Morgan fingerprint density at radius 2 is 0.923 bits per heavy atom. The minimum Gasteiger partial charge on any atom is -0.306 e. The first kappa shape index (κ1) is 30.1. The summed E-state index contributed by atoms with van der Waals surface area (Å²) in [4.78, 5) is 19.9. The summed E-state index contributed by atoms with van der Waals surface area (Å²) in [5.41, 5.74) is 13.2. The Labute approximate surface area is 302 Å². The fraction of sp³-hybridized carbons (Fsp3) is 0.0638. The van der Waals surface area contributed by atoms with Crippen LogP contribution in [-0.2, 0) is 5.41 Å². The number of rotatable bonds is 5. The maximum absolute atomic E-state index is 5.02. The van der Waals surface area contributed by atoms with E-state index in [1.165, 1.54) is 44.2 Å². The van der Waals surface area contributed by atoms with E-state index < -0.39 is 0 Å². The highest BCUT2D eigenvalue weighted by Gasteiger charge is 2.36. The van der Waals surface area contributed by atoms with Crippen molar-refractivity contribution < 1.29 is 0 Å². The molecular weight excluding hydrogens is 635 g/mol. The quantitative estimate of drug-likeness (QED) is 0.183. The molecule has 0 bridgehead atoms. The summed E-state index contributed by atoms with van der Waals surface area (Å²) in [7, 11) is 0. The van der Waals surface area contributed by atoms with E-state index in [2.05, 4.69) is 97.2 Å². The zero-order valence-electron chi connectivity index (χ0n) is 28.8. The van der Waals surface area contributed by atoms with Crippen molar-refractivity contribution in [2.45, 2.75) is 19.3 Å². The Balaban J connectivity index is 1.06. The molecule has 246 valence electrons. The zero-order valence-corrected chi connectivity index (χ0v) is 28.8. The molecule has 5 nitrogen and oxygen atoms in total. The molecule has 0 atom stereocenters. The van der Waals surface area contributed by atoms with E-state index in [0.717, 1.165) is 33.6 Å². The fourth-order valence-corrected chi connectivity index (χ4v) is 7.82. The number of fused-ring (bicyclic) bond motifs is 5. The van der Waals surface area contributed by atoms with E-state index in [1.54, 1.807) is 0 Å². The number of imidazole rings is 1. The number of hydrogen-bond acceptors (Lipinski definition) is 4. The molecule has 1 aliphatic carbocycles. The second-order valence-electron chi connectivity index (χ2n) is 14.0. The molecule has 0 saturated heterocycles. The molecule has 3 aromatic heterocycles. The van der Waals surface area contributed by atoms with E-state index >= 15 is 0 Å². The van der Waals surface area contributed by atoms with Gasteiger partial charge in [0.25, 0.3) is 0 Å². The van der Waals surface area contributed by atoms with Gasteiger partial charge < -0.3 is 4.40 Å². The molecule has 0 fully saturated rings. The van der Waals surface area contributed by atoms with Crippen LogP contribution in [0.25, 0.3) is 84.1 Å². The summed E-state index contributed by atoms with van der Waals surface area (Å²) < 4.78 is 2.08. The Morgan fingerprint density at radius 1 is 0.423 bits per heavy atom. The molecule has 0 spiro atoms. The number of aromatic nitrogens is 5. The molecule has 5 heteroatoms. The average molecular weight is 668 g/mol. The lowest BCUT2D eigenvalue weighted by Crippen LogP contribution is -2.15. The molecule has 0 amide bonds. The molecule has 52 heavy (non-hydrogen) atoms. The molecule has 9 aromatic rings. The predicted molar refractivity (Wildman–Crippen MR) is 211 cm³/mol. The van der Waals surface area contributed by atoms with Gasteiger partial charge in [-0.3, -0.25) is 0 Å². The van der Waals surface area contributed by atoms with Crippen LogP contribution in [0, 0.1) is 0 Å². The van der Waals surface area contributed by atoms with Crippen LogP contribution in [0.2, 0.25) is 0 Å². The fourth-order valence-electron chi connectivity index (χ4n) is 7.82. The lowest BCUT2D eigenvalue weighted by atomic mass is 9.81. The number of hydrogen-bond donors (Lipinski definition) is 0. The summed E-state index contributed by atoms with van der Waals surface area (Å²) in [5, 5.41) is 2.41. The highest BCUT2D eigenvalue weighted by atomic mass is 15.0. The van der Waals surface area contributed by atoms with E-state index in [0.29, 0.717) is 17.5 Å². The van der Waals surface area contributed by atoms with Crippen molar-refractivity contribution in [3.05, 3.63) is 175 Å². The van der Waals surface area contributed by atoms with Crippen molar-refractivity contribution >= 4 is 16.4 Å². The Hall–Kier alpha value is -6.72. The molecule has 6 aromatic carbocycles. The van der Waals surface area contributed by atoms with Crippen LogP contribution in [0.4, 0.5) is 0 Å². The van der Waals surface area contributed by atoms with Crippen molar-refractivity contribution in [1.82, 2.24) is 24.3 Å². The van der Waals surface area contributed by atoms with Gasteiger partial charge in [0.15, 0.2) is 17.5 Å². The van der Waals surface area contributed by atoms with Gasteiger partial charge in [0, 0.05) is 40.1 Å². The van der Waals surface area contributed by atoms with Crippen LogP contribution >= 0.6 is 0 Å². The van der Waals surface area contributed by atoms with Crippen LogP contribution in [-0.4, -0.2) is 24.3 Å². The Bertz CT molecular complexity index is 2730.